The Bertz CT molecular complexity index is 1170. The van der Waals surface area contributed by atoms with Gasteiger partial charge >= 0.3 is 0 Å². The molecule has 0 bridgehead atoms. The number of nitrogens with zero attached hydrogens (tertiary/aromatic N) is 1. The normalized spacial score (nSPS) is 10.6. The van der Waals surface area contributed by atoms with Gasteiger partial charge in [-0.05, 0) is 53.6 Å². The van der Waals surface area contributed by atoms with Crippen molar-refractivity contribution >= 4 is 29.6 Å². The minimum Gasteiger partial charge on any atom is -0.493 e. The first-order valence-corrected chi connectivity index (χ1v) is 10.7. The summed E-state index contributed by atoms with van der Waals surface area (Å²) in [4.78, 5) is 24.3. The smallest absolute Gasteiger partial charge is 0.259 e. The number of rotatable bonds is 10. The fraction of sp³-hybridized carbons (Fsp3) is 0.160. The Balaban J connectivity index is 1.46. The van der Waals surface area contributed by atoms with Crippen LogP contribution in [-0.4, -0.2) is 38.8 Å². The van der Waals surface area contributed by atoms with Crippen molar-refractivity contribution < 1.29 is 23.8 Å². The molecule has 34 heavy (non-hydrogen) atoms. The molecule has 2 N–H and O–H groups in total. The first-order chi connectivity index (χ1) is 16.5. The highest BCUT2D eigenvalue weighted by atomic mass is 35.5. The summed E-state index contributed by atoms with van der Waals surface area (Å²) in [7, 11) is 2.99. The van der Waals surface area contributed by atoms with Crippen LogP contribution in [0, 0.1) is 0 Å². The molecule has 0 saturated carbocycles. The highest BCUT2D eigenvalue weighted by molar-refractivity contribution is 6.30. The summed E-state index contributed by atoms with van der Waals surface area (Å²) >= 11 is 5.89. The molecule has 3 aromatic rings. The van der Waals surface area contributed by atoms with Crippen molar-refractivity contribution in [3.8, 4) is 17.2 Å². The molecule has 0 aliphatic rings. The molecule has 0 unspecified atom stereocenters. The molecule has 0 saturated heterocycles. The summed E-state index contributed by atoms with van der Waals surface area (Å²) in [5.41, 5.74) is 4.45. The van der Waals surface area contributed by atoms with E-state index in [0.717, 1.165) is 11.1 Å². The van der Waals surface area contributed by atoms with Crippen LogP contribution in [0.5, 0.6) is 17.2 Å². The maximum absolute atomic E-state index is 12.3. The van der Waals surface area contributed by atoms with Gasteiger partial charge in [0.05, 0.1) is 27.0 Å². The molecule has 0 heterocycles. The van der Waals surface area contributed by atoms with Gasteiger partial charge in [-0.3, -0.25) is 9.59 Å². The van der Waals surface area contributed by atoms with Crippen molar-refractivity contribution in [3.63, 3.8) is 0 Å². The zero-order valence-electron chi connectivity index (χ0n) is 18.7. The number of methoxy groups -OCH3 is 2. The van der Waals surface area contributed by atoms with Gasteiger partial charge in [0.2, 0.25) is 0 Å². The van der Waals surface area contributed by atoms with Crippen LogP contribution in [0.1, 0.15) is 21.5 Å². The molecule has 0 aliphatic carbocycles. The lowest BCUT2D eigenvalue weighted by molar-refractivity contribution is -0.120. The molecule has 2 amide bonds. The average Bonchev–Trinajstić information content (AvgIpc) is 2.86. The topological polar surface area (TPSA) is 98.2 Å². The van der Waals surface area contributed by atoms with Gasteiger partial charge < -0.3 is 19.5 Å². The molecule has 0 aromatic heterocycles. The van der Waals surface area contributed by atoms with E-state index in [2.05, 4.69) is 15.8 Å². The van der Waals surface area contributed by atoms with E-state index < -0.39 is 11.8 Å². The van der Waals surface area contributed by atoms with Gasteiger partial charge in [0.25, 0.3) is 11.8 Å². The molecule has 0 aliphatic heterocycles. The average molecular weight is 482 g/mol. The molecular formula is C25H24ClN3O5. The summed E-state index contributed by atoms with van der Waals surface area (Å²) in [6, 6.07) is 19.4. The van der Waals surface area contributed by atoms with Crippen molar-refractivity contribution in [2.45, 2.75) is 6.61 Å². The van der Waals surface area contributed by atoms with Crippen LogP contribution >= 0.6 is 11.6 Å². The maximum atomic E-state index is 12.3. The number of halogens is 1. The summed E-state index contributed by atoms with van der Waals surface area (Å²) < 4.78 is 16.1. The van der Waals surface area contributed by atoms with Gasteiger partial charge in [-0.25, -0.2) is 5.43 Å². The second-order valence-corrected chi connectivity index (χ2v) is 7.47. The van der Waals surface area contributed by atoms with Gasteiger partial charge in [0, 0.05) is 10.6 Å². The predicted molar refractivity (Wildman–Crippen MR) is 130 cm³/mol. The lowest BCUT2D eigenvalue weighted by Gasteiger charge is -2.09. The third kappa shape index (κ3) is 7.25. The Morgan fingerprint density at radius 2 is 1.74 bits per heavy atom. The van der Waals surface area contributed by atoms with E-state index in [1.165, 1.54) is 26.5 Å². The molecular weight excluding hydrogens is 458 g/mol. The molecule has 9 heteroatoms. The van der Waals surface area contributed by atoms with E-state index >= 15 is 0 Å². The van der Waals surface area contributed by atoms with E-state index in [1.54, 1.807) is 18.2 Å². The van der Waals surface area contributed by atoms with E-state index in [-0.39, 0.29) is 6.54 Å². The van der Waals surface area contributed by atoms with E-state index in [4.69, 9.17) is 25.8 Å². The van der Waals surface area contributed by atoms with Crippen LogP contribution in [0.2, 0.25) is 5.02 Å². The second-order valence-electron chi connectivity index (χ2n) is 7.03. The third-order valence-electron chi connectivity index (χ3n) is 4.63. The number of hydrogen-bond donors (Lipinski definition) is 2. The maximum Gasteiger partial charge on any atom is 0.259 e. The zero-order chi connectivity index (χ0) is 24.3. The first kappa shape index (κ1) is 24.6. The second kappa shape index (κ2) is 12.3. The quantitative estimate of drug-likeness (QED) is 0.339. The Labute approximate surface area is 202 Å². The Kier molecular flexibility index (Phi) is 8.88. The number of carbonyl (C=O) groups excluding carboxylic acids is 2. The zero-order valence-corrected chi connectivity index (χ0v) is 19.5. The number of benzene rings is 3. The SMILES string of the molecule is COc1ccc(C(=O)NCC(=O)NN=Cc2cccc(OCc3ccc(Cl)cc3)c2)cc1OC. The Hall–Kier alpha value is -4.04. The van der Waals surface area contributed by atoms with Gasteiger partial charge in [0.1, 0.15) is 12.4 Å². The standard InChI is InChI=1S/C25H24ClN3O5/c1-32-22-11-8-19(13-23(22)33-2)25(31)27-15-24(30)29-28-14-18-4-3-5-21(12-18)34-16-17-6-9-20(26)10-7-17/h3-14H,15-16H2,1-2H3,(H,27,31)(H,29,30). The number of hydrogen-bond acceptors (Lipinski definition) is 6. The molecule has 8 nitrogen and oxygen atoms in total. The Morgan fingerprint density at radius 1 is 0.971 bits per heavy atom. The minimum absolute atomic E-state index is 0.241. The Morgan fingerprint density at radius 3 is 2.47 bits per heavy atom. The van der Waals surface area contributed by atoms with E-state index in [9.17, 15) is 9.59 Å². The molecule has 0 radical (unpaired) electrons. The predicted octanol–water partition coefficient (Wildman–Crippen LogP) is 3.82. The monoisotopic (exact) mass is 481 g/mol. The van der Waals surface area contributed by atoms with Crippen LogP contribution in [0.3, 0.4) is 0 Å². The summed E-state index contributed by atoms with van der Waals surface area (Å²) in [5, 5.41) is 7.13. The van der Waals surface area contributed by atoms with Crippen molar-refractivity contribution in [2.24, 2.45) is 5.10 Å². The third-order valence-corrected chi connectivity index (χ3v) is 4.89. The molecule has 3 aromatic carbocycles. The largest absolute Gasteiger partial charge is 0.493 e. The van der Waals surface area contributed by atoms with Crippen molar-refractivity contribution in [2.75, 3.05) is 20.8 Å². The molecule has 3 rings (SSSR count). The summed E-state index contributed by atoms with van der Waals surface area (Å²) in [6.07, 6.45) is 1.49. The van der Waals surface area contributed by atoms with Gasteiger partial charge in [0.15, 0.2) is 11.5 Å². The molecule has 0 spiro atoms. The molecule has 0 atom stereocenters. The van der Waals surface area contributed by atoms with Crippen LogP contribution in [-0.2, 0) is 11.4 Å². The first-order valence-electron chi connectivity index (χ1n) is 10.3. The highest BCUT2D eigenvalue weighted by Gasteiger charge is 2.11. The lowest BCUT2D eigenvalue weighted by Crippen LogP contribution is -2.34. The van der Waals surface area contributed by atoms with Crippen molar-refractivity contribution in [1.29, 1.82) is 0 Å². The fourth-order valence-electron chi connectivity index (χ4n) is 2.89. The van der Waals surface area contributed by atoms with Gasteiger partial charge in [-0.1, -0.05) is 35.9 Å². The van der Waals surface area contributed by atoms with Crippen LogP contribution < -0.4 is 25.0 Å². The van der Waals surface area contributed by atoms with Crippen LogP contribution in [0.4, 0.5) is 0 Å². The van der Waals surface area contributed by atoms with E-state index in [0.29, 0.717) is 34.4 Å². The van der Waals surface area contributed by atoms with Crippen LogP contribution in [0.25, 0.3) is 0 Å². The fourth-order valence-corrected chi connectivity index (χ4v) is 3.02. The number of ether oxygens (including phenoxy) is 3. The molecule has 176 valence electrons. The lowest BCUT2D eigenvalue weighted by atomic mass is 10.2. The number of nitrogens with one attached hydrogen (secondary N) is 2. The van der Waals surface area contributed by atoms with Crippen LogP contribution in [0.15, 0.2) is 71.8 Å². The van der Waals surface area contributed by atoms with E-state index in [1.807, 2.05) is 42.5 Å². The number of amides is 2. The minimum atomic E-state index is -0.472. The van der Waals surface area contributed by atoms with Gasteiger partial charge in [-0.2, -0.15) is 5.10 Å². The molecule has 0 fully saturated rings. The van der Waals surface area contributed by atoms with Crippen molar-refractivity contribution in [3.05, 3.63) is 88.4 Å². The number of hydrazone groups is 1. The summed E-state index contributed by atoms with van der Waals surface area (Å²) in [6.45, 7) is 0.156. The highest BCUT2D eigenvalue weighted by Crippen LogP contribution is 2.27. The van der Waals surface area contributed by atoms with Crippen molar-refractivity contribution in [1.82, 2.24) is 10.7 Å². The number of carbonyl (C=O) groups is 2. The summed E-state index contributed by atoms with van der Waals surface area (Å²) in [5.74, 6) is 0.687. The van der Waals surface area contributed by atoms with Gasteiger partial charge in [-0.15, -0.1) is 0 Å².